The number of aliphatic hydroxyl groups is 1. The summed E-state index contributed by atoms with van der Waals surface area (Å²) < 4.78 is 5.11. The van der Waals surface area contributed by atoms with E-state index in [-0.39, 0.29) is 6.61 Å². The molecule has 0 bridgehead atoms. The van der Waals surface area contributed by atoms with Crippen LogP contribution in [-0.4, -0.2) is 34.9 Å². The van der Waals surface area contributed by atoms with Crippen LogP contribution in [-0.2, 0) is 11.3 Å². The Labute approximate surface area is 113 Å². The van der Waals surface area contributed by atoms with Gasteiger partial charge in [0.2, 0.25) is 0 Å². The molecule has 0 fully saturated rings. The minimum Gasteiger partial charge on any atom is -0.444 e. The van der Waals surface area contributed by atoms with Crippen molar-refractivity contribution in [1.29, 1.82) is 0 Å². The van der Waals surface area contributed by atoms with Gasteiger partial charge in [-0.3, -0.25) is 4.98 Å². The van der Waals surface area contributed by atoms with Gasteiger partial charge in [-0.25, -0.2) is 4.79 Å². The standard InChI is InChI=1S/C13H21N3O3/c1-13(2,3)19-12(18)16-7-6-15-10-4-5-14-11(8-10)9-17/h4-5,8,17H,6-7,9H2,1-3H3,(H,14,15)(H,16,18). The van der Waals surface area contributed by atoms with Crippen molar-refractivity contribution < 1.29 is 14.6 Å². The van der Waals surface area contributed by atoms with E-state index in [1.807, 2.05) is 20.8 Å². The first-order valence-electron chi connectivity index (χ1n) is 6.17. The third-order valence-electron chi connectivity index (χ3n) is 2.10. The highest BCUT2D eigenvalue weighted by Crippen LogP contribution is 2.07. The maximum absolute atomic E-state index is 11.4. The van der Waals surface area contributed by atoms with Crippen LogP contribution in [0.15, 0.2) is 18.3 Å². The molecule has 106 valence electrons. The zero-order valence-electron chi connectivity index (χ0n) is 11.6. The lowest BCUT2D eigenvalue weighted by atomic mass is 10.2. The van der Waals surface area contributed by atoms with E-state index in [0.717, 1.165) is 5.69 Å². The Morgan fingerprint density at radius 2 is 2.16 bits per heavy atom. The van der Waals surface area contributed by atoms with E-state index in [1.54, 1.807) is 18.3 Å². The second kappa shape index (κ2) is 6.94. The van der Waals surface area contributed by atoms with Crippen molar-refractivity contribution in [3.05, 3.63) is 24.0 Å². The molecule has 0 aliphatic rings. The minimum absolute atomic E-state index is 0.0916. The van der Waals surface area contributed by atoms with Gasteiger partial charge in [0, 0.05) is 25.0 Å². The molecule has 0 aromatic carbocycles. The smallest absolute Gasteiger partial charge is 0.407 e. The van der Waals surface area contributed by atoms with E-state index in [9.17, 15) is 4.79 Å². The molecule has 1 rings (SSSR count). The number of aromatic nitrogens is 1. The highest BCUT2D eigenvalue weighted by Gasteiger charge is 2.15. The second-order valence-corrected chi connectivity index (χ2v) is 5.05. The number of carbonyl (C=O) groups excluding carboxylic acids is 1. The predicted molar refractivity (Wildman–Crippen MR) is 72.9 cm³/mol. The van der Waals surface area contributed by atoms with Crippen molar-refractivity contribution in [2.75, 3.05) is 18.4 Å². The van der Waals surface area contributed by atoms with E-state index in [2.05, 4.69) is 15.6 Å². The number of amides is 1. The third kappa shape index (κ3) is 6.61. The predicted octanol–water partition coefficient (Wildman–Crippen LogP) is 1.51. The molecule has 0 unspecified atom stereocenters. The van der Waals surface area contributed by atoms with Crippen LogP contribution < -0.4 is 10.6 Å². The average molecular weight is 267 g/mol. The Morgan fingerprint density at radius 3 is 2.79 bits per heavy atom. The number of nitrogens with one attached hydrogen (secondary N) is 2. The van der Waals surface area contributed by atoms with Gasteiger partial charge < -0.3 is 20.5 Å². The Bertz CT molecular complexity index is 416. The van der Waals surface area contributed by atoms with E-state index >= 15 is 0 Å². The van der Waals surface area contributed by atoms with Gasteiger partial charge in [0.25, 0.3) is 0 Å². The quantitative estimate of drug-likeness (QED) is 0.704. The zero-order valence-corrected chi connectivity index (χ0v) is 11.6. The molecule has 0 saturated heterocycles. The lowest BCUT2D eigenvalue weighted by Crippen LogP contribution is -2.35. The highest BCUT2D eigenvalue weighted by molar-refractivity contribution is 5.67. The lowest BCUT2D eigenvalue weighted by Gasteiger charge is -2.19. The van der Waals surface area contributed by atoms with Crippen LogP contribution in [0.2, 0.25) is 0 Å². The summed E-state index contributed by atoms with van der Waals surface area (Å²) in [5.41, 5.74) is 0.966. The number of pyridine rings is 1. The molecule has 1 aromatic heterocycles. The van der Waals surface area contributed by atoms with Crippen LogP contribution in [0, 0.1) is 0 Å². The fourth-order valence-corrected chi connectivity index (χ4v) is 1.36. The first-order valence-corrected chi connectivity index (χ1v) is 6.17. The number of aliphatic hydroxyl groups excluding tert-OH is 1. The molecule has 6 heteroatoms. The summed E-state index contributed by atoms with van der Waals surface area (Å²) in [6, 6.07) is 3.56. The monoisotopic (exact) mass is 267 g/mol. The van der Waals surface area contributed by atoms with Gasteiger partial charge in [0.15, 0.2) is 0 Å². The third-order valence-corrected chi connectivity index (χ3v) is 2.10. The van der Waals surface area contributed by atoms with Crippen molar-refractivity contribution in [2.24, 2.45) is 0 Å². The van der Waals surface area contributed by atoms with Crippen LogP contribution in [0.4, 0.5) is 10.5 Å². The van der Waals surface area contributed by atoms with E-state index < -0.39 is 11.7 Å². The van der Waals surface area contributed by atoms with Crippen molar-refractivity contribution in [2.45, 2.75) is 33.0 Å². The van der Waals surface area contributed by atoms with Gasteiger partial charge in [-0.2, -0.15) is 0 Å². The summed E-state index contributed by atoms with van der Waals surface area (Å²) >= 11 is 0. The van der Waals surface area contributed by atoms with Crippen molar-refractivity contribution in [3.8, 4) is 0 Å². The molecule has 0 atom stereocenters. The highest BCUT2D eigenvalue weighted by atomic mass is 16.6. The zero-order chi connectivity index (χ0) is 14.3. The summed E-state index contributed by atoms with van der Waals surface area (Å²) in [4.78, 5) is 15.3. The Hall–Kier alpha value is -1.82. The van der Waals surface area contributed by atoms with E-state index in [0.29, 0.717) is 18.8 Å². The summed E-state index contributed by atoms with van der Waals surface area (Å²) in [5.74, 6) is 0. The number of hydrogen-bond acceptors (Lipinski definition) is 5. The molecule has 3 N–H and O–H groups in total. The summed E-state index contributed by atoms with van der Waals surface area (Å²) in [6.45, 7) is 6.38. The molecule has 19 heavy (non-hydrogen) atoms. The van der Waals surface area contributed by atoms with Gasteiger partial charge >= 0.3 is 6.09 Å². The van der Waals surface area contributed by atoms with Crippen molar-refractivity contribution in [3.63, 3.8) is 0 Å². The number of carbonyl (C=O) groups is 1. The number of hydrogen-bond donors (Lipinski definition) is 3. The molecule has 0 saturated carbocycles. The van der Waals surface area contributed by atoms with Crippen LogP contribution >= 0.6 is 0 Å². The molecule has 0 aliphatic carbocycles. The maximum Gasteiger partial charge on any atom is 0.407 e. The first-order chi connectivity index (χ1) is 8.90. The van der Waals surface area contributed by atoms with Crippen LogP contribution in [0.1, 0.15) is 26.5 Å². The number of alkyl carbamates (subject to hydrolysis) is 1. The topological polar surface area (TPSA) is 83.5 Å². The fraction of sp³-hybridized carbons (Fsp3) is 0.538. The molecular formula is C13H21N3O3. The number of anilines is 1. The van der Waals surface area contributed by atoms with Gasteiger partial charge in [-0.05, 0) is 32.9 Å². The molecule has 0 spiro atoms. The fourth-order valence-electron chi connectivity index (χ4n) is 1.36. The number of rotatable bonds is 5. The van der Waals surface area contributed by atoms with Crippen molar-refractivity contribution >= 4 is 11.8 Å². The first kappa shape index (κ1) is 15.2. The van der Waals surface area contributed by atoms with Gasteiger partial charge in [-0.1, -0.05) is 0 Å². The van der Waals surface area contributed by atoms with Gasteiger partial charge in [0.05, 0.1) is 12.3 Å². The summed E-state index contributed by atoms with van der Waals surface area (Å²) in [6.07, 6.45) is 1.19. The lowest BCUT2D eigenvalue weighted by molar-refractivity contribution is 0.0530. The molecular weight excluding hydrogens is 246 g/mol. The van der Waals surface area contributed by atoms with Gasteiger partial charge in [-0.15, -0.1) is 0 Å². The van der Waals surface area contributed by atoms with Gasteiger partial charge in [0.1, 0.15) is 5.60 Å². The summed E-state index contributed by atoms with van der Waals surface area (Å²) in [7, 11) is 0. The number of ether oxygens (including phenoxy) is 1. The van der Waals surface area contributed by atoms with E-state index in [1.165, 1.54) is 0 Å². The molecule has 0 aliphatic heterocycles. The molecule has 1 amide bonds. The van der Waals surface area contributed by atoms with Crippen LogP contribution in [0.25, 0.3) is 0 Å². The average Bonchev–Trinajstić information content (AvgIpc) is 2.33. The molecule has 0 radical (unpaired) electrons. The second-order valence-electron chi connectivity index (χ2n) is 5.05. The minimum atomic E-state index is -0.487. The van der Waals surface area contributed by atoms with Crippen LogP contribution in [0.3, 0.4) is 0 Å². The summed E-state index contributed by atoms with van der Waals surface area (Å²) in [5, 5.41) is 14.7. The molecule has 6 nitrogen and oxygen atoms in total. The Kier molecular flexibility index (Phi) is 5.57. The largest absolute Gasteiger partial charge is 0.444 e. The normalized spacial score (nSPS) is 10.9. The van der Waals surface area contributed by atoms with Crippen molar-refractivity contribution in [1.82, 2.24) is 10.3 Å². The Balaban J connectivity index is 2.25. The molecule has 1 aromatic rings. The van der Waals surface area contributed by atoms with E-state index in [4.69, 9.17) is 9.84 Å². The Morgan fingerprint density at radius 1 is 1.42 bits per heavy atom. The number of nitrogens with zero attached hydrogens (tertiary/aromatic N) is 1. The SMILES string of the molecule is CC(C)(C)OC(=O)NCCNc1ccnc(CO)c1. The van der Waals surface area contributed by atoms with Crippen LogP contribution in [0.5, 0.6) is 0 Å². The maximum atomic E-state index is 11.4. The molecule has 1 heterocycles.